The van der Waals surface area contributed by atoms with E-state index in [4.69, 9.17) is 0 Å². The van der Waals surface area contributed by atoms with Crippen LogP contribution in [0.1, 0.15) is 25.7 Å². The molecule has 1 aliphatic rings. The van der Waals surface area contributed by atoms with E-state index in [1.807, 2.05) is 19.3 Å². The summed E-state index contributed by atoms with van der Waals surface area (Å²) in [4.78, 5) is 18.5. The summed E-state index contributed by atoms with van der Waals surface area (Å²) in [5, 5.41) is 5.10. The van der Waals surface area contributed by atoms with Gasteiger partial charge in [0.05, 0.1) is 11.9 Å². The fourth-order valence-electron chi connectivity index (χ4n) is 3.05. The second kappa shape index (κ2) is 8.53. The molecule has 28 heavy (non-hydrogen) atoms. The molecule has 3 aromatic heterocycles. The summed E-state index contributed by atoms with van der Waals surface area (Å²) in [6.07, 6.45) is 11.0. The van der Waals surface area contributed by atoms with Gasteiger partial charge >= 0.3 is 5.69 Å². The third-order valence-corrected chi connectivity index (χ3v) is 6.06. The summed E-state index contributed by atoms with van der Waals surface area (Å²) in [6, 6.07) is 1.82. The lowest BCUT2D eigenvalue weighted by Crippen LogP contribution is -2.29. The van der Waals surface area contributed by atoms with Gasteiger partial charge in [0.1, 0.15) is 5.65 Å². The Kier molecular flexibility index (Phi) is 6.10. The lowest BCUT2D eigenvalue weighted by Gasteiger charge is -2.16. The van der Waals surface area contributed by atoms with Gasteiger partial charge in [-0.25, -0.2) is 18.2 Å². The van der Waals surface area contributed by atoms with Gasteiger partial charge in [-0.05, 0) is 12.8 Å². The van der Waals surface area contributed by atoms with Crippen LogP contribution in [-0.2, 0) is 17.1 Å². The number of hydrogen-bond donors (Lipinski definition) is 1. The summed E-state index contributed by atoms with van der Waals surface area (Å²) < 4.78 is 27.3. The van der Waals surface area contributed by atoms with Gasteiger partial charge in [-0.2, -0.15) is 9.40 Å². The fraction of sp³-hybridized carbons (Fsp3) is 0.389. The van der Waals surface area contributed by atoms with Gasteiger partial charge in [-0.3, -0.25) is 9.08 Å². The van der Waals surface area contributed by atoms with E-state index in [-0.39, 0.29) is 5.69 Å². The molecule has 0 saturated carbocycles. The highest BCUT2D eigenvalue weighted by molar-refractivity contribution is 7.92. The van der Waals surface area contributed by atoms with Crippen molar-refractivity contribution in [1.29, 1.82) is 0 Å². The Hall–Kier alpha value is -2.72. The quantitative estimate of drug-likeness (QED) is 0.716. The van der Waals surface area contributed by atoms with Crippen molar-refractivity contribution in [2.45, 2.75) is 25.7 Å². The minimum atomic E-state index is -3.15. The minimum Gasteiger partial charge on any atom is -0.306 e. The van der Waals surface area contributed by atoms with E-state index in [1.165, 1.54) is 8.71 Å². The summed E-state index contributed by atoms with van der Waals surface area (Å²) in [5.74, 6) is 0. The first-order valence-electron chi connectivity index (χ1n) is 9.09. The highest BCUT2D eigenvalue weighted by atomic mass is 32.2. The molecule has 0 radical (unpaired) electrons. The van der Waals surface area contributed by atoms with E-state index in [1.54, 1.807) is 23.3 Å². The molecule has 0 unspecified atom stereocenters. The smallest absolute Gasteiger partial charge is 0.306 e. The molecule has 1 N–H and O–H groups in total. The van der Waals surface area contributed by atoms with Crippen molar-refractivity contribution in [3.8, 4) is 11.3 Å². The first kappa shape index (κ1) is 20.0. The topological polar surface area (TPSA) is 105 Å². The van der Waals surface area contributed by atoms with E-state index in [2.05, 4.69) is 21.6 Å². The second-order valence-corrected chi connectivity index (χ2v) is 8.45. The number of aromatic amines is 1. The van der Waals surface area contributed by atoms with Crippen molar-refractivity contribution in [2.75, 3.05) is 13.1 Å². The maximum absolute atomic E-state index is 11.7. The number of aromatic nitrogens is 5. The zero-order valence-electron chi connectivity index (χ0n) is 15.8. The summed E-state index contributed by atoms with van der Waals surface area (Å²) in [5.41, 5.74) is 2.01. The van der Waals surface area contributed by atoms with Crippen LogP contribution in [0.4, 0.5) is 0 Å². The summed E-state index contributed by atoms with van der Waals surface area (Å²) in [7, 11) is -1.32. The Labute approximate surface area is 163 Å². The predicted molar refractivity (Wildman–Crippen MR) is 107 cm³/mol. The maximum atomic E-state index is 11.7. The van der Waals surface area contributed by atoms with E-state index < -0.39 is 10.0 Å². The molecule has 1 aliphatic heterocycles. The van der Waals surface area contributed by atoms with Crippen LogP contribution in [0.3, 0.4) is 0 Å². The molecule has 0 bridgehead atoms. The van der Waals surface area contributed by atoms with Gasteiger partial charge in [-0.15, -0.1) is 0 Å². The molecule has 150 valence electrons. The number of nitrogens with one attached hydrogen (secondary N) is 1. The maximum Gasteiger partial charge on any atom is 0.331 e. The van der Waals surface area contributed by atoms with Crippen LogP contribution >= 0.6 is 0 Å². The van der Waals surface area contributed by atoms with Crippen LogP contribution < -0.4 is 5.69 Å². The third kappa shape index (κ3) is 4.57. The zero-order chi connectivity index (χ0) is 20.1. The Bertz CT molecular complexity index is 1100. The van der Waals surface area contributed by atoms with Crippen molar-refractivity contribution < 1.29 is 8.42 Å². The van der Waals surface area contributed by atoms with Crippen LogP contribution in [0, 0.1) is 0 Å². The Morgan fingerprint density at radius 2 is 1.93 bits per heavy atom. The molecule has 0 aromatic carbocycles. The van der Waals surface area contributed by atoms with Gasteiger partial charge < -0.3 is 4.98 Å². The monoisotopic (exact) mass is 404 g/mol. The van der Waals surface area contributed by atoms with Crippen LogP contribution in [0.15, 0.2) is 47.6 Å². The van der Waals surface area contributed by atoms with E-state index in [0.717, 1.165) is 42.3 Å². The Morgan fingerprint density at radius 3 is 2.54 bits per heavy atom. The zero-order valence-corrected chi connectivity index (χ0v) is 16.6. The average molecular weight is 404 g/mol. The molecule has 10 heteroatoms. The van der Waals surface area contributed by atoms with Gasteiger partial charge in [0.25, 0.3) is 0 Å². The SMILES string of the molecule is C=CS(=O)(=O)N1CCCCCC1.Cn1cc(-c2cc3nccn3c(=O)[nH]2)cn1. The van der Waals surface area contributed by atoms with Crippen molar-refractivity contribution in [3.05, 3.63) is 53.3 Å². The number of sulfonamides is 1. The Balaban J connectivity index is 0.000000169. The second-order valence-electron chi connectivity index (χ2n) is 6.57. The molecule has 3 aromatic rings. The van der Waals surface area contributed by atoms with Gasteiger partial charge in [0, 0.05) is 55.8 Å². The molecular weight excluding hydrogens is 380 g/mol. The molecule has 1 saturated heterocycles. The number of fused-ring (bicyclic) bond motifs is 1. The number of rotatable bonds is 3. The number of nitrogens with zero attached hydrogens (tertiary/aromatic N) is 5. The number of H-pyrrole nitrogens is 1. The first-order chi connectivity index (χ1) is 13.4. The molecule has 0 spiro atoms. The van der Waals surface area contributed by atoms with Crippen molar-refractivity contribution in [2.24, 2.45) is 7.05 Å². The standard InChI is InChI=1S/C10H9N5O.C8H15NO2S/c1-14-6-7(5-12-14)8-4-9-11-2-3-15(9)10(16)13-8;1-2-12(10,11)9-7-5-3-4-6-8-9/h2-6H,1H3,(H,13,16);2H,1,3-8H2. The van der Waals surface area contributed by atoms with Crippen molar-refractivity contribution in [3.63, 3.8) is 0 Å². The van der Waals surface area contributed by atoms with Crippen LogP contribution in [-0.4, -0.2) is 50.0 Å². The lowest BCUT2D eigenvalue weighted by atomic mass is 10.2. The molecule has 1 fully saturated rings. The lowest BCUT2D eigenvalue weighted by molar-refractivity contribution is 0.430. The largest absolute Gasteiger partial charge is 0.331 e. The first-order valence-corrected chi connectivity index (χ1v) is 10.6. The Morgan fingerprint density at radius 1 is 1.21 bits per heavy atom. The fourth-order valence-corrected chi connectivity index (χ4v) is 4.03. The summed E-state index contributed by atoms with van der Waals surface area (Å²) >= 11 is 0. The average Bonchev–Trinajstić information content (AvgIpc) is 3.23. The third-order valence-electron chi connectivity index (χ3n) is 4.55. The molecule has 0 aliphatic carbocycles. The predicted octanol–water partition coefficient (Wildman–Crippen LogP) is 1.76. The van der Waals surface area contributed by atoms with E-state index in [0.29, 0.717) is 18.7 Å². The molecule has 4 heterocycles. The molecule has 0 amide bonds. The number of aryl methyl sites for hydroxylation is 1. The molecular formula is C18H24N6O3S. The molecule has 4 rings (SSSR count). The number of hydrogen-bond acceptors (Lipinski definition) is 5. The van der Waals surface area contributed by atoms with Gasteiger partial charge in [-0.1, -0.05) is 19.4 Å². The summed E-state index contributed by atoms with van der Waals surface area (Å²) in [6.45, 7) is 4.63. The van der Waals surface area contributed by atoms with E-state index >= 15 is 0 Å². The minimum absolute atomic E-state index is 0.200. The highest BCUT2D eigenvalue weighted by Crippen LogP contribution is 2.15. The van der Waals surface area contributed by atoms with E-state index in [9.17, 15) is 13.2 Å². The van der Waals surface area contributed by atoms with Crippen LogP contribution in [0.25, 0.3) is 16.9 Å². The van der Waals surface area contributed by atoms with Crippen molar-refractivity contribution in [1.82, 2.24) is 28.5 Å². The van der Waals surface area contributed by atoms with Crippen molar-refractivity contribution >= 4 is 15.7 Å². The molecule has 0 atom stereocenters. The van der Waals surface area contributed by atoms with Crippen LogP contribution in [0.5, 0.6) is 0 Å². The number of imidazole rings is 1. The highest BCUT2D eigenvalue weighted by Gasteiger charge is 2.19. The molecule has 9 nitrogen and oxygen atoms in total. The van der Waals surface area contributed by atoms with Crippen LogP contribution in [0.2, 0.25) is 0 Å². The van der Waals surface area contributed by atoms with Gasteiger partial charge in [0.2, 0.25) is 10.0 Å². The normalized spacial score (nSPS) is 15.6. The van der Waals surface area contributed by atoms with Gasteiger partial charge in [0.15, 0.2) is 0 Å².